The van der Waals surface area contributed by atoms with Crippen molar-refractivity contribution in [3.63, 3.8) is 0 Å². The van der Waals surface area contributed by atoms with Crippen molar-refractivity contribution in [3.8, 4) is 0 Å². The lowest BCUT2D eigenvalue weighted by Gasteiger charge is -2.18. The molecule has 1 fully saturated rings. The molecular formula is C13H22N2O. The highest BCUT2D eigenvalue weighted by molar-refractivity contribution is 5.13. The number of nitrogens with zero attached hydrogens (tertiary/aromatic N) is 1. The van der Waals surface area contributed by atoms with E-state index in [2.05, 4.69) is 18.1 Å². The maximum atomic E-state index is 6.01. The van der Waals surface area contributed by atoms with Gasteiger partial charge in [0, 0.05) is 12.0 Å². The third-order valence-electron chi connectivity index (χ3n) is 3.54. The molecule has 0 saturated heterocycles. The van der Waals surface area contributed by atoms with E-state index in [4.69, 9.17) is 10.3 Å². The first-order valence-electron chi connectivity index (χ1n) is 6.53. The molecule has 3 heteroatoms. The maximum Gasteiger partial charge on any atom is 0.153 e. The number of hydrogen-bond acceptors (Lipinski definition) is 3. The topological polar surface area (TPSA) is 52.0 Å². The maximum absolute atomic E-state index is 6.01. The van der Waals surface area contributed by atoms with E-state index < -0.39 is 0 Å². The fourth-order valence-electron chi connectivity index (χ4n) is 2.52. The first-order valence-corrected chi connectivity index (χ1v) is 6.53. The van der Waals surface area contributed by atoms with E-state index in [0.29, 0.717) is 5.92 Å². The number of hydrogen-bond donors (Lipinski definition) is 1. The second kappa shape index (κ2) is 5.48. The van der Waals surface area contributed by atoms with Gasteiger partial charge in [-0.2, -0.15) is 0 Å². The Morgan fingerprint density at radius 1 is 1.44 bits per heavy atom. The lowest BCUT2D eigenvalue weighted by molar-refractivity contribution is 0.339. The molecule has 0 amide bonds. The normalized spacial score (nSPS) is 19.9. The molecule has 1 atom stereocenters. The van der Waals surface area contributed by atoms with Gasteiger partial charge in [-0.25, -0.2) is 0 Å². The van der Waals surface area contributed by atoms with E-state index in [1.807, 2.05) is 0 Å². The molecule has 0 aromatic carbocycles. The van der Waals surface area contributed by atoms with Crippen LogP contribution >= 0.6 is 0 Å². The van der Waals surface area contributed by atoms with Gasteiger partial charge in [0.2, 0.25) is 0 Å². The Balaban J connectivity index is 2.00. The highest BCUT2D eigenvalue weighted by atomic mass is 16.5. The van der Waals surface area contributed by atoms with Crippen LogP contribution in [0.2, 0.25) is 0 Å². The lowest BCUT2D eigenvalue weighted by atomic mass is 9.87. The minimum atomic E-state index is 0.0230. The smallest absolute Gasteiger partial charge is 0.153 e. The van der Waals surface area contributed by atoms with Crippen LogP contribution in [0.25, 0.3) is 0 Å². The van der Waals surface area contributed by atoms with Crippen molar-refractivity contribution in [2.24, 2.45) is 5.73 Å². The molecule has 0 bridgehead atoms. The first-order chi connectivity index (χ1) is 7.81. The molecule has 2 rings (SSSR count). The standard InChI is InChI=1S/C13H22N2O/c1-2-6-11(14)13-9-12(15-16-13)10-7-4-3-5-8-10/h9-11H,2-8,14H2,1H3. The average molecular weight is 222 g/mol. The fourth-order valence-corrected chi connectivity index (χ4v) is 2.52. The molecule has 16 heavy (non-hydrogen) atoms. The molecule has 1 saturated carbocycles. The zero-order valence-electron chi connectivity index (χ0n) is 10.1. The van der Waals surface area contributed by atoms with Gasteiger partial charge in [0.25, 0.3) is 0 Å². The molecule has 1 aromatic heterocycles. The van der Waals surface area contributed by atoms with E-state index in [-0.39, 0.29) is 6.04 Å². The van der Waals surface area contributed by atoms with Crippen LogP contribution in [-0.2, 0) is 0 Å². The Hall–Kier alpha value is -0.830. The van der Waals surface area contributed by atoms with Crippen LogP contribution in [0, 0.1) is 0 Å². The molecule has 1 aliphatic carbocycles. The molecule has 90 valence electrons. The summed E-state index contributed by atoms with van der Waals surface area (Å²) < 4.78 is 5.36. The molecule has 1 aromatic rings. The molecule has 0 aliphatic heterocycles. The van der Waals surface area contributed by atoms with Gasteiger partial charge in [-0.05, 0) is 19.3 Å². The molecule has 0 radical (unpaired) electrons. The monoisotopic (exact) mass is 222 g/mol. The third-order valence-corrected chi connectivity index (χ3v) is 3.54. The van der Waals surface area contributed by atoms with Crippen LogP contribution in [0.3, 0.4) is 0 Å². The molecule has 0 spiro atoms. The van der Waals surface area contributed by atoms with Gasteiger partial charge < -0.3 is 10.3 Å². The van der Waals surface area contributed by atoms with Crippen LogP contribution < -0.4 is 5.73 Å². The Kier molecular flexibility index (Phi) is 3.99. The number of aromatic nitrogens is 1. The predicted octanol–water partition coefficient (Wildman–Crippen LogP) is 3.52. The van der Waals surface area contributed by atoms with Crippen LogP contribution in [0.15, 0.2) is 10.6 Å². The van der Waals surface area contributed by atoms with Gasteiger partial charge in [-0.1, -0.05) is 37.8 Å². The van der Waals surface area contributed by atoms with E-state index in [9.17, 15) is 0 Å². The summed E-state index contributed by atoms with van der Waals surface area (Å²) in [5.41, 5.74) is 7.14. The zero-order valence-corrected chi connectivity index (χ0v) is 10.1. The lowest BCUT2D eigenvalue weighted by Crippen LogP contribution is -2.08. The molecule has 1 aliphatic rings. The van der Waals surface area contributed by atoms with Crippen molar-refractivity contribution >= 4 is 0 Å². The third kappa shape index (κ3) is 2.64. The summed E-state index contributed by atoms with van der Waals surface area (Å²) in [4.78, 5) is 0. The first kappa shape index (κ1) is 11.6. The van der Waals surface area contributed by atoms with Crippen molar-refractivity contribution in [1.82, 2.24) is 5.16 Å². The Morgan fingerprint density at radius 2 is 2.19 bits per heavy atom. The van der Waals surface area contributed by atoms with Crippen LogP contribution in [0.1, 0.15) is 75.3 Å². The van der Waals surface area contributed by atoms with Gasteiger partial charge in [-0.15, -0.1) is 0 Å². The minimum absolute atomic E-state index is 0.0230. The highest BCUT2D eigenvalue weighted by Gasteiger charge is 2.20. The fraction of sp³-hybridized carbons (Fsp3) is 0.769. The van der Waals surface area contributed by atoms with E-state index in [1.54, 1.807) is 0 Å². The summed E-state index contributed by atoms with van der Waals surface area (Å²) in [6.45, 7) is 2.14. The minimum Gasteiger partial charge on any atom is -0.359 e. The Labute approximate surface area is 97.4 Å². The van der Waals surface area contributed by atoms with Crippen LogP contribution in [0.5, 0.6) is 0 Å². The second-order valence-corrected chi connectivity index (χ2v) is 4.88. The summed E-state index contributed by atoms with van der Waals surface area (Å²) >= 11 is 0. The van der Waals surface area contributed by atoms with Crippen molar-refractivity contribution in [3.05, 3.63) is 17.5 Å². The molecule has 3 nitrogen and oxygen atoms in total. The zero-order chi connectivity index (χ0) is 11.4. The summed E-state index contributed by atoms with van der Waals surface area (Å²) in [5, 5.41) is 4.19. The Morgan fingerprint density at radius 3 is 2.88 bits per heavy atom. The Bertz CT molecular complexity index is 315. The van der Waals surface area contributed by atoms with Gasteiger partial charge in [0.15, 0.2) is 5.76 Å². The molecule has 1 unspecified atom stereocenters. The SMILES string of the molecule is CCCC(N)c1cc(C2CCCCC2)no1. The molecule has 1 heterocycles. The van der Waals surface area contributed by atoms with Crippen molar-refractivity contribution in [2.75, 3.05) is 0 Å². The number of rotatable bonds is 4. The summed E-state index contributed by atoms with van der Waals surface area (Å²) in [7, 11) is 0. The van der Waals surface area contributed by atoms with Crippen molar-refractivity contribution in [2.45, 2.75) is 63.8 Å². The van der Waals surface area contributed by atoms with Crippen LogP contribution in [0.4, 0.5) is 0 Å². The van der Waals surface area contributed by atoms with Crippen molar-refractivity contribution in [1.29, 1.82) is 0 Å². The molecular weight excluding hydrogens is 200 g/mol. The summed E-state index contributed by atoms with van der Waals surface area (Å²) in [5.74, 6) is 1.47. The summed E-state index contributed by atoms with van der Waals surface area (Å²) in [6.07, 6.45) is 8.60. The highest BCUT2D eigenvalue weighted by Crippen LogP contribution is 2.33. The van der Waals surface area contributed by atoms with Crippen molar-refractivity contribution < 1.29 is 4.52 Å². The number of nitrogens with two attached hydrogens (primary N) is 1. The quantitative estimate of drug-likeness (QED) is 0.848. The van der Waals surface area contributed by atoms with Gasteiger partial charge in [0.1, 0.15) is 0 Å². The van der Waals surface area contributed by atoms with Gasteiger partial charge in [-0.3, -0.25) is 0 Å². The summed E-state index contributed by atoms with van der Waals surface area (Å²) in [6, 6.07) is 2.10. The van der Waals surface area contributed by atoms with Crippen LogP contribution in [-0.4, -0.2) is 5.16 Å². The molecule has 2 N–H and O–H groups in total. The van der Waals surface area contributed by atoms with E-state index >= 15 is 0 Å². The van der Waals surface area contributed by atoms with Gasteiger partial charge >= 0.3 is 0 Å². The van der Waals surface area contributed by atoms with E-state index in [1.165, 1.54) is 32.1 Å². The van der Waals surface area contributed by atoms with Gasteiger partial charge in [0.05, 0.1) is 11.7 Å². The van der Waals surface area contributed by atoms with E-state index in [0.717, 1.165) is 24.3 Å². The predicted molar refractivity (Wildman–Crippen MR) is 64.2 cm³/mol. The second-order valence-electron chi connectivity index (χ2n) is 4.88. The largest absolute Gasteiger partial charge is 0.359 e. The average Bonchev–Trinajstić information content (AvgIpc) is 2.80.